The second-order valence-electron chi connectivity index (χ2n) is 5.48. The maximum atomic E-state index is 12.5. The number of anilines is 1. The van der Waals surface area contributed by atoms with E-state index in [1.54, 1.807) is 12.1 Å². The summed E-state index contributed by atoms with van der Waals surface area (Å²) in [6.07, 6.45) is 0. The molecule has 1 aliphatic rings. The van der Waals surface area contributed by atoms with Crippen molar-refractivity contribution in [1.29, 1.82) is 0 Å². The molecule has 0 spiro atoms. The summed E-state index contributed by atoms with van der Waals surface area (Å²) in [4.78, 5) is 29.2. The molecule has 0 saturated carbocycles. The SMILES string of the molecule is CC(=O)c1ccc(C(=O)N2CCN(c3cccc(Cl)c3)CC2)s1. The van der Waals surface area contributed by atoms with E-state index < -0.39 is 0 Å². The number of carbonyl (C=O) groups excluding carboxylic acids is 2. The van der Waals surface area contributed by atoms with E-state index in [9.17, 15) is 9.59 Å². The molecule has 2 heterocycles. The van der Waals surface area contributed by atoms with Gasteiger partial charge in [-0.3, -0.25) is 9.59 Å². The van der Waals surface area contributed by atoms with Gasteiger partial charge in [-0.25, -0.2) is 0 Å². The molecule has 0 radical (unpaired) electrons. The van der Waals surface area contributed by atoms with E-state index in [4.69, 9.17) is 11.6 Å². The molecular weight excluding hydrogens is 332 g/mol. The van der Waals surface area contributed by atoms with Crippen LogP contribution in [0.15, 0.2) is 36.4 Å². The van der Waals surface area contributed by atoms with Crippen LogP contribution in [0.2, 0.25) is 5.02 Å². The van der Waals surface area contributed by atoms with Crippen LogP contribution in [0.5, 0.6) is 0 Å². The van der Waals surface area contributed by atoms with Crippen molar-refractivity contribution in [2.45, 2.75) is 6.92 Å². The topological polar surface area (TPSA) is 40.6 Å². The number of thiophene rings is 1. The Morgan fingerprint density at radius 3 is 2.35 bits per heavy atom. The van der Waals surface area contributed by atoms with Crippen LogP contribution in [0.4, 0.5) is 5.69 Å². The van der Waals surface area contributed by atoms with Crippen LogP contribution in [-0.2, 0) is 0 Å². The maximum absolute atomic E-state index is 12.5. The van der Waals surface area contributed by atoms with E-state index in [1.807, 2.05) is 29.2 Å². The van der Waals surface area contributed by atoms with Gasteiger partial charge < -0.3 is 9.80 Å². The van der Waals surface area contributed by atoms with Crippen LogP contribution in [-0.4, -0.2) is 42.8 Å². The number of rotatable bonds is 3. The van der Waals surface area contributed by atoms with Crippen LogP contribution in [0.1, 0.15) is 26.3 Å². The molecule has 1 aliphatic heterocycles. The lowest BCUT2D eigenvalue weighted by Gasteiger charge is -2.36. The Kier molecular flexibility index (Phi) is 4.68. The van der Waals surface area contributed by atoms with Crippen molar-refractivity contribution in [3.8, 4) is 0 Å². The number of piperazine rings is 1. The molecule has 1 aromatic heterocycles. The summed E-state index contributed by atoms with van der Waals surface area (Å²) in [5.74, 6) is 0.00747. The molecule has 0 aliphatic carbocycles. The van der Waals surface area contributed by atoms with E-state index in [0.717, 1.165) is 23.8 Å². The average molecular weight is 349 g/mol. The minimum atomic E-state index is -0.000161. The second-order valence-corrected chi connectivity index (χ2v) is 7.00. The smallest absolute Gasteiger partial charge is 0.264 e. The lowest BCUT2D eigenvalue weighted by molar-refractivity contribution is 0.0751. The number of Topliss-reactive ketones (excluding diaryl/α,β-unsaturated/α-hetero) is 1. The molecule has 3 rings (SSSR count). The van der Waals surface area contributed by atoms with Gasteiger partial charge >= 0.3 is 0 Å². The Balaban J connectivity index is 1.64. The molecule has 0 N–H and O–H groups in total. The van der Waals surface area contributed by atoms with Gasteiger partial charge in [0, 0.05) is 36.9 Å². The number of amides is 1. The summed E-state index contributed by atoms with van der Waals surface area (Å²) in [6.45, 7) is 4.40. The largest absolute Gasteiger partial charge is 0.368 e. The number of nitrogens with zero attached hydrogens (tertiary/aromatic N) is 2. The fourth-order valence-electron chi connectivity index (χ4n) is 2.64. The molecule has 1 amide bonds. The van der Waals surface area contributed by atoms with Gasteiger partial charge in [-0.05, 0) is 37.3 Å². The fourth-order valence-corrected chi connectivity index (χ4v) is 3.69. The summed E-state index contributed by atoms with van der Waals surface area (Å²) in [5, 5.41) is 0.719. The maximum Gasteiger partial charge on any atom is 0.264 e. The first-order valence-corrected chi connectivity index (χ1v) is 8.64. The van der Waals surface area contributed by atoms with Gasteiger partial charge in [-0.15, -0.1) is 11.3 Å². The Morgan fingerprint density at radius 1 is 1.04 bits per heavy atom. The van der Waals surface area contributed by atoms with Gasteiger partial charge in [0.25, 0.3) is 5.91 Å². The van der Waals surface area contributed by atoms with Crippen molar-refractivity contribution >= 4 is 40.3 Å². The third-order valence-corrected chi connectivity index (χ3v) is 5.31. The first-order valence-electron chi connectivity index (χ1n) is 7.45. The molecule has 2 aromatic rings. The van der Waals surface area contributed by atoms with Crippen LogP contribution in [0, 0.1) is 0 Å². The summed E-state index contributed by atoms with van der Waals surface area (Å²) < 4.78 is 0. The highest BCUT2D eigenvalue weighted by Gasteiger charge is 2.23. The highest BCUT2D eigenvalue weighted by Crippen LogP contribution is 2.23. The predicted octanol–water partition coefficient (Wildman–Crippen LogP) is 3.57. The highest BCUT2D eigenvalue weighted by molar-refractivity contribution is 7.15. The Bertz CT molecular complexity index is 736. The first-order chi connectivity index (χ1) is 11.0. The zero-order chi connectivity index (χ0) is 16.4. The molecule has 6 heteroatoms. The summed E-state index contributed by atoms with van der Waals surface area (Å²) in [5.41, 5.74) is 1.08. The van der Waals surface area contributed by atoms with Gasteiger partial charge in [-0.1, -0.05) is 17.7 Å². The number of benzene rings is 1. The normalized spacial score (nSPS) is 14.9. The monoisotopic (exact) mass is 348 g/mol. The Labute approximate surface area is 144 Å². The predicted molar refractivity (Wildman–Crippen MR) is 93.9 cm³/mol. The van der Waals surface area contributed by atoms with E-state index >= 15 is 0 Å². The van der Waals surface area contributed by atoms with Crippen molar-refractivity contribution in [2.75, 3.05) is 31.1 Å². The van der Waals surface area contributed by atoms with Crippen LogP contribution < -0.4 is 4.90 Å². The standard InChI is InChI=1S/C17H17ClN2O2S/c1-12(21)15-5-6-16(23-15)17(22)20-9-7-19(8-10-20)14-4-2-3-13(18)11-14/h2-6,11H,7-10H2,1H3. The van der Waals surface area contributed by atoms with Gasteiger partial charge in [0.1, 0.15) is 0 Å². The van der Waals surface area contributed by atoms with E-state index in [1.165, 1.54) is 18.3 Å². The van der Waals surface area contributed by atoms with Crippen LogP contribution >= 0.6 is 22.9 Å². The van der Waals surface area contributed by atoms with Crippen LogP contribution in [0.3, 0.4) is 0 Å². The number of hydrogen-bond acceptors (Lipinski definition) is 4. The highest BCUT2D eigenvalue weighted by atomic mass is 35.5. The number of ketones is 1. The molecular formula is C17H17ClN2O2S. The zero-order valence-electron chi connectivity index (χ0n) is 12.8. The third kappa shape index (κ3) is 3.57. The molecule has 1 saturated heterocycles. The molecule has 1 aromatic carbocycles. The van der Waals surface area contributed by atoms with E-state index in [-0.39, 0.29) is 11.7 Å². The minimum absolute atomic E-state index is 0.000161. The fraction of sp³-hybridized carbons (Fsp3) is 0.294. The second kappa shape index (κ2) is 6.72. The number of hydrogen-bond donors (Lipinski definition) is 0. The molecule has 0 bridgehead atoms. The molecule has 1 fully saturated rings. The van der Waals surface area contributed by atoms with Crippen molar-refractivity contribution in [3.63, 3.8) is 0 Å². The molecule has 23 heavy (non-hydrogen) atoms. The van der Waals surface area contributed by atoms with Gasteiger partial charge in [-0.2, -0.15) is 0 Å². The number of halogens is 1. The molecule has 4 nitrogen and oxygen atoms in total. The summed E-state index contributed by atoms with van der Waals surface area (Å²) in [6, 6.07) is 11.2. The van der Waals surface area contributed by atoms with Crippen molar-refractivity contribution in [1.82, 2.24) is 4.90 Å². The van der Waals surface area contributed by atoms with Crippen molar-refractivity contribution < 1.29 is 9.59 Å². The van der Waals surface area contributed by atoms with E-state index in [0.29, 0.717) is 22.8 Å². The Morgan fingerprint density at radius 2 is 1.74 bits per heavy atom. The number of carbonyl (C=O) groups is 2. The molecule has 120 valence electrons. The summed E-state index contributed by atoms with van der Waals surface area (Å²) in [7, 11) is 0. The average Bonchev–Trinajstić information content (AvgIpc) is 3.04. The van der Waals surface area contributed by atoms with Gasteiger partial charge in [0.05, 0.1) is 9.75 Å². The first kappa shape index (κ1) is 16.0. The van der Waals surface area contributed by atoms with Crippen molar-refractivity contribution in [3.05, 3.63) is 51.2 Å². The van der Waals surface area contributed by atoms with Crippen LogP contribution in [0.25, 0.3) is 0 Å². The lowest BCUT2D eigenvalue weighted by atomic mass is 10.2. The van der Waals surface area contributed by atoms with E-state index in [2.05, 4.69) is 4.90 Å². The lowest BCUT2D eigenvalue weighted by Crippen LogP contribution is -2.48. The minimum Gasteiger partial charge on any atom is -0.368 e. The molecule has 0 unspecified atom stereocenters. The quantitative estimate of drug-likeness (QED) is 0.796. The van der Waals surface area contributed by atoms with Crippen molar-refractivity contribution in [2.24, 2.45) is 0 Å². The zero-order valence-corrected chi connectivity index (χ0v) is 14.4. The van der Waals surface area contributed by atoms with Gasteiger partial charge in [0.15, 0.2) is 5.78 Å². The Hall–Kier alpha value is -1.85. The third-order valence-electron chi connectivity index (χ3n) is 3.90. The van der Waals surface area contributed by atoms with Gasteiger partial charge in [0.2, 0.25) is 0 Å². The summed E-state index contributed by atoms with van der Waals surface area (Å²) >= 11 is 7.30. The molecule has 0 atom stereocenters.